The van der Waals surface area contributed by atoms with Crippen LogP contribution in [0.2, 0.25) is 0 Å². The summed E-state index contributed by atoms with van der Waals surface area (Å²) in [4.78, 5) is 46.4. The van der Waals surface area contributed by atoms with Gasteiger partial charge in [0, 0.05) is 54.7 Å². The zero-order valence-electron chi connectivity index (χ0n) is 23.6. The van der Waals surface area contributed by atoms with E-state index in [1.807, 2.05) is 19.0 Å². The van der Waals surface area contributed by atoms with Crippen LogP contribution in [0.3, 0.4) is 0 Å². The lowest BCUT2D eigenvalue weighted by Gasteiger charge is -2.47. The van der Waals surface area contributed by atoms with E-state index in [0.717, 1.165) is 13.0 Å². The first-order valence-corrected chi connectivity index (χ1v) is 14.0. The Hall–Kier alpha value is -3.82. The third-order valence-corrected chi connectivity index (χ3v) is 8.68. The van der Waals surface area contributed by atoms with E-state index < -0.39 is 34.6 Å². The van der Waals surface area contributed by atoms with Crippen LogP contribution in [0.5, 0.6) is 5.75 Å². The van der Waals surface area contributed by atoms with Crippen molar-refractivity contribution in [2.75, 3.05) is 40.3 Å². The van der Waals surface area contributed by atoms with Crippen LogP contribution in [-0.4, -0.2) is 83.8 Å². The maximum Gasteiger partial charge on any atom is 0.240 e. The molecule has 0 spiro atoms. The van der Waals surface area contributed by atoms with Crippen molar-refractivity contribution in [2.45, 2.75) is 32.2 Å². The molecule has 2 atom stereocenters. The number of aliphatic hydroxyl groups is 1. The number of Topliss-reactive ketones (excluding diaryl/α,β-unsaturated/α-hetero) is 2. The number of phenols is 1. The average Bonchev–Trinajstić information content (AvgIpc) is 2.93. The molecule has 3 N–H and O–H groups in total. The number of benzene rings is 2. The molecule has 3 aliphatic rings. The van der Waals surface area contributed by atoms with Gasteiger partial charge in [-0.15, -0.1) is 0 Å². The molecule has 2 saturated heterocycles. The van der Waals surface area contributed by atoms with Crippen LogP contribution in [0.25, 0.3) is 5.57 Å². The van der Waals surface area contributed by atoms with Gasteiger partial charge in [-0.1, -0.05) is 24.3 Å². The van der Waals surface area contributed by atoms with Crippen LogP contribution >= 0.6 is 0 Å². The maximum absolute atomic E-state index is 14.7. The molecule has 216 valence electrons. The van der Waals surface area contributed by atoms with Crippen LogP contribution in [-0.2, 0) is 9.59 Å². The average molecular weight is 562 g/mol. The van der Waals surface area contributed by atoms with E-state index in [0.29, 0.717) is 31.6 Å². The van der Waals surface area contributed by atoms with Crippen molar-refractivity contribution in [2.24, 2.45) is 11.3 Å². The van der Waals surface area contributed by atoms with Gasteiger partial charge in [0.2, 0.25) is 5.91 Å². The van der Waals surface area contributed by atoms with Gasteiger partial charge in [0.05, 0.1) is 0 Å². The molecule has 5 rings (SSSR count). The zero-order valence-corrected chi connectivity index (χ0v) is 23.6. The molecule has 1 amide bonds. The van der Waals surface area contributed by atoms with Crippen molar-refractivity contribution in [1.82, 2.24) is 15.1 Å². The topological polar surface area (TPSA) is 110 Å². The van der Waals surface area contributed by atoms with Crippen LogP contribution < -0.4 is 5.32 Å². The molecule has 1 aliphatic carbocycles. The number of piperidine rings is 1. The summed E-state index contributed by atoms with van der Waals surface area (Å²) < 4.78 is 14.7. The van der Waals surface area contributed by atoms with E-state index in [4.69, 9.17) is 0 Å². The summed E-state index contributed by atoms with van der Waals surface area (Å²) in [7, 11) is 3.85. The second-order valence-electron chi connectivity index (χ2n) is 11.6. The molecule has 2 fully saturated rings. The van der Waals surface area contributed by atoms with E-state index in [2.05, 4.69) is 5.32 Å². The molecule has 0 bridgehead atoms. The van der Waals surface area contributed by atoms with Crippen molar-refractivity contribution in [3.05, 3.63) is 82.4 Å². The lowest BCUT2D eigenvalue weighted by molar-refractivity contribution is -0.153. The molecule has 8 nitrogen and oxygen atoms in total. The van der Waals surface area contributed by atoms with Gasteiger partial charge >= 0.3 is 0 Å². The fraction of sp³-hybridized carbons (Fsp3) is 0.406. The Labute approximate surface area is 239 Å². The summed E-state index contributed by atoms with van der Waals surface area (Å²) in [6.07, 6.45) is 2.37. The molecule has 0 saturated carbocycles. The highest BCUT2D eigenvalue weighted by Gasteiger charge is 2.54. The monoisotopic (exact) mass is 561 g/mol. The maximum atomic E-state index is 14.7. The van der Waals surface area contributed by atoms with E-state index >= 15 is 0 Å². The van der Waals surface area contributed by atoms with E-state index in [9.17, 15) is 29.0 Å². The van der Waals surface area contributed by atoms with Gasteiger partial charge in [0.1, 0.15) is 22.7 Å². The van der Waals surface area contributed by atoms with Crippen molar-refractivity contribution >= 4 is 23.0 Å². The molecule has 9 heteroatoms. The molecule has 2 heterocycles. The Bertz CT molecular complexity index is 1450. The van der Waals surface area contributed by atoms with Crippen LogP contribution in [0, 0.1) is 24.1 Å². The summed E-state index contributed by atoms with van der Waals surface area (Å²) in [5.74, 6) is -2.88. The van der Waals surface area contributed by atoms with Gasteiger partial charge < -0.3 is 25.3 Å². The molecule has 41 heavy (non-hydrogen) atoms. The lowest BCUT2D eigenvalue weighted by atomic mass is 9.65. The highest BCUT2D eigenvalue weighted by Crippen LogP contribution is 2.47. The highest BCUT2D eigenvalue weighted by atomic mass is 19.1. The number of nitrogens with one attached hydrogen (secondary N) is 1. The number of phenolic OH excluding ortho intramolecular Hbond substituents is 1. The minimum absolute atomic E-state index is 0.0273. The summed E-state index contributed by atoms with van der Waals surface area (Å²) in [5.41, 5.74) is -1.04. The van der Waals surface area contributed by atoms with E-state index in [1.165, 1.54) is 42.5 Å². The molecule has 0 radical (unpaired) electrons. The third kappa shape index (κ3) is 5.20. The molecule has 2 aromatic rings. The number of likely N-dealkylation sites (N-methyl/N-ethyl adjacent to an activating group) is 1. The SMILES string of the molecule is Cc1c(F)cccc1C1=C(C(=O)c2cccc(O)c2)CC(C(=O)[C@H]2CCCNC2)(C(=O)N2CC(N(C)C)C2)C=C1O. The quantitative estimate of drug-likeness (QED) is 0.350. The Morgan fingerprint density at radius 1 is 1.10 bits per heavy atom. The number of hydrogen-bond donors (Lipinski definition) is 3. The predicted octanol–water partition coefficient (Wildman–Crippen LogP) is 3.65. The standard InChI is InChI=1S/C32H36FN3O5/c1-19-24(10-5-11-26(19)33)28-25(29(39)20-7-4-9-23(37)13-20)14-32(15-27(28)38,30(40)21-8-6-12-34-16-21)31(41)36-17-22(18-36)35(2)3/h4-5,7,9-11,13,15,21-22,34,37-38H,6,8,12,14,16-18H2,1-3H3/t21-,32?/m0/s1. The Balaban J connectivity index is 1.68. The number of amides is 1. The van der Waals surface area contributed by atoms with E-state index in [-0.39, 0.29) is 46.3 Å². The minimum atomic E-state index is -1.81. The molecule has 0 aromatic heterocycles. The molecular formula is C32H36FN3O5. The number of aliphatic hydroxyl groups excluding tert-OH is 1. The number of carbonyl (C=O) groups is 3. The summed E-state index contributed by atoms with van der Waals surface area (Å²) >= 11 is 0. The molecule has 2 aliphatic heterocycles. The lowest BCUT2D eigenvalue weighted by Crippen LogP contribution is -2.64. The van der Waals surface area contributed by atoms with Crippen LogP contribution in [0.1, 0.15) is 40.7 Å². The summed E-state index contributed by atoms with van der Waals surface area (Å²) in [6.45, 7) is 3.57. The first kappa shape index (κ1) is 28.7. The normalized spacial score (nSPS) is 23.3. The van der Waals surface area contributed by atoms with Crippen molar-refractivity contribution in [3.8, 4) is 5.75 Å². The van der Waals surface area contributed by atoms with Crippen LogP contribution in [0.15, 0.2) is 59.9 Å². The number of carbonyl (C=O) groups excluding carboxylic acids is 3. The third-order valence-electron chi connectivity index (χ3n) is 8.68. The Kier molecular flexibility index (Phi) is 7.85. The van der Waals surface area contributed by atoms with Gasteiger partial charge in [-0.05, 0) is 75.8 Å². The van der Waals surface area contributed by atoms with Gasteiger partial charge in [-0.25, -0.2) is 4.39 Å². The minimum Gasteiger partial charge on any atom is -0.508 e. The van der Waals surface area contributed by atoms with Gasteiger partial charge in [0.15, 0.2) is 11.6 Å². The molecule has 2 aromatic carbocycles. The number of nitrogens with zero attached hydrogens (tertiary/aromatic N) is 2. The zero-order chi connectivity index (χ0) is 29.5. The molecular weight excluding hydrogens is 525 g/mol. The van der Waals surface area contributed by atoms with Gasteiger partial charge in [-0.2, -0.15) is 0 Å². The number of allylic oxidation sites excluding steroid dienone is 2. The first-order valence-electron chi connectivity index (χ1n) is 14.0. The van der Waals surface area contributed by atoms with Crippen molar-refractivity contribution in [3.63, 3.8) is 0 Å². The number of aromatic hydroxyl groups is 1. The van der Waals surface area contributed by atoms with Crippen LogP contribution in [0.4, 0.5) is 4.39 Å². The Morgan fingerprint density at radius 2 is 1.83 bits per heavy atom. The number of likely N-dealkylation sites (tertiary alicyclic amines) is 1. The van der Waals surface area contributed by atoms with E-state index in [1.54, 1.807) is 17.9 Å². The Morgan fingerprint density at radius 3 is 2.49 bits per heavy atom. The van der Waals surface area contributed by atoms with Crippen molar-refractivity contribution < 1.29 is 29.0 Å². The number of ketones is 2. The second kappa shape index (κ2) is 11.2. The predicted molar refractivity (Wildman–Crippen MR) is 153 cm³/mol. The fourth-order valence-electron chi connectivity index (χ4n) is 6.14. The first-order chi connectivity index (χ1) is 19.5. The number of rotatable bonds is 7. The molecule has 1 unspecified atom stereocenters. The smallest absolute Gasteiger partial charge is 0.240 e. The fourth-order valence-corrected chi connectivity index (χ4v) is 6.14. The largest absolute Gasteiger partial charge is 0.508 e. The van der Waals surface area contributed by atoms with Gasteiger partial charge in [0.25, 0.3) is 0 Å². The summed E-state index contributed by atoms with van der Waals surface area (Å²) in [5, 5.41) is 25.0. The highest BCUT2D eigenvalue weighted by molar-refractivity contribution is 6.19. The number of halogens is 1. The van der Waals surface area contributed by atoms with Crippen molar-refractivity contribution in [1.29, 1.82) is 0 Å². The second-order valence-corrected chi connectivity index (χ2v) is 11.6. The van der Waals surface area contributed by atoms with Gasteiger partial charge in [-0.3, -0.25) is 14.4 Å². The number of hydrogen-bond acceptors (Lipinski definition) is 7. The summed E-state index contributed by atoms with van der Waals surface area (Å²) in [6, 6.07) is 10.3.